The molecule has 0 aromatic heterocycles. The molecule has 0 spiro atoms. The lowest BCUT2D eigenvalue weighted by Crippen LogP contribution is -2.43. The summed E-state index contributed by atoms with van der Waals surface area (Å²) in [6, 6.07) is 15.0. The second kappa shape index (κ2) is 8.39. The lowest BCUT2D eigenvalue weighted by atomic mass is 9.64. The van der Waals surface area contributed by atoms with Crippen molar-refractivity contribution in [2.45, 2.75) is 59.8 Å². The van der Waals surface area contributed by atoms with Gasteiger partial charge in [0.15, 0.2) is 0 Å². The van der Waals surface area contributed by atoms with Crippen molar-refractivity contribution < 1.29 is 14.4 Å². The van der Waals surface area contributed by atoms with Gasteiger partial charge in [-0.3, -0.25) is 4.79 Å². The van der Waals surface area contributed by atoms with E-state index >= 15 is 0 Å². The van der Waals surface area contributed by atoms with Crippen molar-refractivity contribution in [2.24, 2.45) is 21.4 Å². The Labute approximate surface area is 204 Å². The highest BCUT2D eigenvalue weighted by Crippen LogP contribution is 2.71. The molecule has 2 saturated carbocycles. The molecule has 1 amide bonds. The van der Waals surface area contributed by atoms with Crippen LogP contribution in [0.1, 0.15) is 75.7 Å². The number of carbonyl (C=O) groups excluding carboxylic acids is 2. The van der Waals surface area contributed by atoms with E-state index in [1.165, 1.54) is 5.56 Å². The number of carbonyl (C=O) groups is 2. The van der Waals surface area contributed by atoms with E-state index in [1.54, 1.807) is 24.3 Å². The molecule has 0 heterocycles. The number of fused-ring (bicyclic) bond motifs is 2. The second-order valence-corrected chi connectivity index (χ2v) is 11.3. The molecule has 0 aliphatic heterocycles. The zero-order valence-corrected chi connectivity index (χ0v) is 21.5. The Hall–Kier alpha value is -2.47. The van der Waals surface area contributed by atoms with Crippen LogP contribution in [-0.4, -0.2) is 17.6 Å². The third kappa shape index (κ3) is 3.82. The van der Waals surface area contributed by atoms with E-state index in [9.17, 15) is 9.59 Å². The molecule has 2 fully saturated rings. The Bertz CT molecular complexity index is 1110. The number of hydrogen-bond donors (Lipinski definition) is 1. The summed E-state index contributed by atoms with van der Waals surface area (Å²) in [7, 11) is 0. The minimum atomic E-state index is -0.596. The first-order valence-electron chi connectivity index (χ1n) is 11.5. The zero-order valence-electron chi connectivity index (χ0n) is 19.9. The fourth-order valence-corrected chi connectivity index (χ4v) is 5.72. The maximum Gasteiger partial charge on any atom is 0.365 e. The number of benzene rings is 2. The highest BCUT2D eigenvalue weighted by atomic mass is 79.9. The van der Waals surface area contributed by atoms with Crippen LogP contribution < -0.4 is 5.32 Å². The van der Waals surface area contributed by atoms with Crippen molar-refractivity contribution in [3.63, 3.8) is 0 Å². The van der Waals surface area contributed by atoms with Gasteiger partial charge in [-0.05, 0) is 66.1 Å². The number of rotatable bonds is 5. The van der Waals surface area contributed by atoms with Gasteiger partial charge in [0, 0.05) is 22.0 Å². The van der Waals surface area contributed by atoms with E-state index in [0.29, 0.717) is 17.9 Å². The van der Waals surface area contributed by atoms with Gasteiger partial charge in [0.05, 0.1) is 16.7 Å². The number of nitrogens with one attached hydrogen (secondary N) is 1. The van der Waals surface area contributed by atoms with Gasteiger partial charge in [0.25, 0.3) is 0 Å². The van der Waals surface area contributed by atoms with Crippen LogP contribution in [0.15, 0.2) is 58.2 Å². The first-order chi connectivity index (χ1) is 15.5. The first kappa shape index (κ1) is 23.7. The Morgan fingerprint density at radius 1 is 1.00 bits per heavy atom. The fraction of sp³-hybridized carbons (Fsp3) is 0.444. The molecule has 4 rings (SSSR count). The first-order valence-corrected chi connectivity index (χ1v) is 12.3. The average molecular weight is 511 g/mol. The second-order valence-electron chi connectivity index (χ2n) is 10.4. The van der Waals surface area contributed by atoms with E-state index in [2.05, 4.69) is 73.2 Å². The Balaban J connectivity index is 1.55. The summed E-state index contributed by atoms with van der Waals surface area (Å²) in [5.74, 6) is -0.0441. The minimum Gasteiger partial charge on any atom is -0.326 e. The Morgan fingerprint density at radius 3 is 2.24 bits per heavy atom. The van der Waals surface area contributed by atoms with Crippen LogP contribution in [0.4, 0.5) is 5.69 Å². The summed E-state index contributed by atoms with van der Waals surface area (Å²) in [4.78, 5) is 31.5. The Morgan fingerprint density at radius 2 is 1.64 bits per heavy atom. The average Bonchev–Trinajstić information content (AvgIpc) is 3.09. The molecule has 174 valence electrons. The van der Waals surface area contributed by atoms with Crippen LogP contribution in [0.5, 0.6) is 0 Å². The van der Waals surface area contributed by atoms with Crippen molar-refractivity contribution in [3.8, 4) is 0 Å². The fourth-order valence-electron chi connectivity index (χ4n) is 5.46. The third-order valence-electron chi connectivity index (χ3n) is 8.32. The largest absolute Gasteiger partial charge is 0.365 e. The van der Waals surface area contributed by atoms with Crippen LogP contribution in [0.25, 0.3) is 0 Å². The standard InChI is InChI=1S/C27H31BrN2O3/c1-17(2)18-8-12-21(13-9-18)29-24(32)27-15-14-26(5,25(27,3)4)22(16-27)30-33-23(31)19-6-10-20(28)11-7-19/h6-13,17H,14-16H2,1-5H3,(H,29,32)/b30-22-. The maximum atomic E-state index is 13.6. The van der Waals surface area contributed by atoms with Crippen LogP contribution in [0.3, 0.4) is 0 Å². The van der Waals surface area contributed by atoms with Gasteiger partial charge in [0.2, 0.25) is 5.91 Å². The van der Waals surface area contributed by atoms with Gasteiger partial charge in [0.1, 0.15) is 0 Å². The van der Waals surface area contributed by atoms with Crippen LogP contribution >= 0.6 is 15.9 Å². The van der Waals surface area contributed by atoms with Crippen molar-refractivity contribution in [1.29, 1.82) is 0 Å². The lowest BCUT2D eigenvalue weighted by molar-refractivity contribution is -0.130. The molecule has 1 N–H and O–H groups in total. The van der Waals surface area contributed by atoms with E-state index in [-0.39, 0.29) is 16.7 Å². The van der Waals surface area contributed by atoms with Gasteiger partial charge < -0.3 is 10.2 Å². The number of nitrogens with zero attached hydrogens (tertiary/aromatic N) is 1. The molecule has 0 saturated heterocycles. The predicted molar refractivity (Wildman–Crippen MR) is 134 cm³/mol. The molecule has 2 aromatic rings. The molecule has 2 aromatic carbocycles. The van der Waals surface area contributed by atoms with Gasteiger partial charge in [-0.15, -0.1) is 0 Å². The van der Waals surface area contributed by atoms with Crippen molar-refractivity contribution >= 4 is 39.2 Å². The highest BCUT2D eigenvalue weighted by Gasteiger charge is 2.71. The molecule has 2 unspecified atom stereocenters. The number of amides is 1. The summed E-state index contributed by atoms with van der Waals surface area (Å²) >= 11 is 3.36. The number of oxime groups is 1. The van der Waals surface area contributed by atoms with E-state index in [0.717, 1.165) is 28.7 Å². The van der Waals surface area contributed by atoms with Crippen LogP contribution in [-0.2, 0) is 9.63 Å². The van der Waals surface area contributed by atoms with Crippen molar-refractivity contribution in [2.75, 3.05) is 5.32 Å². The third-order valence-corrected chi connectivity index (χ3v) is 8.85. The Kier molecular flexibility index (Phi) is 6.02. The summed E-state index contributed by atoms with van der Waals surface area (Å²) in [6.07, 6.45) is 2.10. The SMILES string of the molecule is CC(C)c1ccc(NC(=O)C23CCC(C)(/C(=N\OC(=O)c4ccc(Br)cc4)C2)C3(C)C)cc1. The number of anilines is 1. The highest BCUT2D eigenvalue weighted by molar-refractivity contribution is 9.10. The van der Waals surface area contributed by atoms with Crippen molar-refractivity contribution in [1.82, 2.24) is 0 Å². The molecule has 2 bridgehead atoms. The topological polar surface area (TPSA) is 67.8 Å². The minimum absolute atomic E-state index is 0.0120. The quantitative estimate of drug-likeness (QED) is 0.349. The summed E-state index contributed by atoms with van der Waals surface area (Å²) in [5.41, 5.74) is 2.03. The smallest absolute Gasteiger partial charge is 0.326 e. The molecule has 33 heavy (non-hydrogen) atoms. The van der Waals surface area contributed by atoms with Crippen LogP contribution in [0.2, 0.25) is 0 Å². The molecule has 5 nitrogen and oxygen atoms in total. The molecule has 2 aliphatic carbocycles. The normalized spacial score (nSPS) is 26.6. The van der Waals surface area contributed by atoms with Gasteiger partial charge in [-0.25, -0.2) is 4.79 Å². The monoisotopic (exact) mass is 510 g/mol. The molecule has 0 radical (unpaired) electrons. The molecular weight excluding hydrogens is 480 g/mol. The van der Waals surface area contributed by atoms with Crippen molar-refractivity contribution in [3.05, 3.63) is 64.1 Å². The molecular formula is C27H31BrN2O3. The van der Waals surface area contributed by atoms with Gasteiger partial charge in [-0.2, -0.15) is 0 Å². The summed E-state index contributed by atoms with van der Waals surface area (Å²) < 4.78 is 0.888. The molecule has 2 atom stereocenters. The van der Waals surface area contributed by atoms with E-state index < -0.39 is 11.4 Å². The molecule has 6 heteroatoms. The lowest BCUT2D eigenvalue weighted by Gasteiger charge is -2.39. The number of halogens is 1. The maximum absolute atomic E-state index is 13.6. The summed E-state index contributed by atoms with van der Waals surface area (Å²) in [5, 5.41) is 7.46. The van der Waals surface area contributed by atoms with E-state index in [4.69, 9.17) is 4.84 Å². The summed E-state index contributed by atoms with van der Waals surface area (Å²) in [6.45, 7) is 10.7. The van der Waals surface area contributed by atoms with Gasteiger partial charge >= 0.3 is 5.97 Å². The predicted octanol–water partition coefficient (Wildman–Crippen LogP) is 6.94. The van der Waals surface area contributed by atoms with E-state index in [1.807, 2.05) is 12.1 Å². The van der Waals surface area contributed by atoms with Gasteiger partial charge in [-0.1, -0.05) is 67.8 Å². The number of hydrogen-bond acceptors (Lipinski definition) is 4. The zero-order chi connectivity index (χ0) is 24.0. The van der Waals surface area contributed by atoms with Crippen LogP contribution in [0, 0.1) is 16.2 Å². The molecule has 2 aliphatic rings.